The van der Waals surface area contributed by atoms with E-state index in [1.165, 1.54) is 5.56 Å². The third-order valence-corrected chi connectivity index (χ3v) is 2.63. The summed E-state index contributed by atoms with van der Waals surface area (Å²) in [6.07, 6.45) is 2.89. The van der Waals surface area contributed by atoms with E-state index in [0.29, 0.717) is 6.04 Å². The summed E-state index contributed by atoms with van der Waals surface area (Å²) in [4.78, 5) is 0. The van der Waals surface area contributed by atoms with Gasteiger partial charge in [0, 0.05) is 12.6 Å². The molecule has 1 atom stereocenters. The Morgan fingerprint density at radius 1 is 1.56 bits per heavy atom. The number of hydrogen-bond acceptors (Lipinski definition) is 2. The van der Waals surface area contributed by atoms with Crippen molar-refractivity contribution in [2.45, 2.75) is 32.9 Å². The van der Waals surface area contributed by atoms with Crippen molar-refractivity contribution < 1.29 is 0 Å². The van der Waals surface area contributed by atoms with Crippen molar-refractivity contribution in [2.75, 3.05) is 0 Å². The zero-order valence-electron chi connectivity index (χ0n) is 9.96. The molecule has 0 aromatic heterocycles. The highest BCUT2D eigenvalue weighted by Crippen LogP contribution is 2.10. The molecule has 1 rings (SSSR count). The van der Waals surface area contributed by atoms with Crippen LogP contribution in [-0.4, -0.2) is 6.04 Å². The Labute approximate surface area is 97.6 Å². The molecule has 0 aliphatic carbocycles. The molecule has 2 nitrogen and oxygen atoms in total. The van der Waals surface area contributed by atoms with Crippen LogP contribution in [0.1, 0.15) is 30.0 Å². The van der Waals surface area contributed by atoms with Gasteiger partial charge in [-0.25, -0.2) is 0 Å². The molecule has 0 fully saturated rings. The number of rotatable bonds is 5. The largest absolute Gasteiger partial charge is 0.310 e. The molecule has 1 aromatic carbocycles. The lowest BCUT2D eigenvalue weighted by atomic mass is 10.1. The highest BCUT2D eigenvalue weighted by Gasteiger charge is 2.02. The fourth-order valence-electron chi connectivity index (χ4n) is 1.58. The van der Waals surface area contributed by atoms with E-state index in [1.807, 2.05) is 31.2 Å². The standard InChI is InChI=1S/C14H18N2/c1-4-5-12(3)16-10-14-7-6-13(9-15)8-11(14)2/h4,6-8,12,16H,1,5,10H2,2-3H3. The predicted octanol–water partition coefficient (Wildman–Crippen LogP) is 2.92. The maximum absolute atomic E-state index is 8.76. The van der Waals surface area contributed by atoms with Crippen LogP contribution < -0.4 is 5.32 Å². The van der Waals surface area contributed by atoms with Crippen LogP contribution in [0.5, 0.6) is 0 Å². The summed E-state index contributed by atoms with van der Waals surface area (Å²) in [6, 6.07) is 8.39. The molecule has 0 aliphatic heterocycles. The Bertz CT molecular complexity index is 402. The summed E-state index contributed by atoms with van der Waals surface area (Å²) in [5.74, 6) is 0. The molecule has 2 heteroatoms. The minimum atomic E-state index is 0.438. The molecule has 0 radical (unpaired) electrons. The molecular weight excluding hydrogens is 196 g/mol. The maximum Gasteiger partial charge on any atom is 0.0991 e. The molecular formula is C14H18N2. The van der Waals surface area contributed by atoms with Gasteiger partial charge in [0.15, 0.2) is 0 Å². The first-order valence-electron chi connectivity index (χ1n) is 5.51. The number of nitriles is 1. The van der Waals surface area contributed by atoms with Crippen LogP contribution in [0, 0.1) is 18.3 Å². The second-order valence-electron chi connectivity index (χ2n) is 4.06. The van der Waals surface area contributed by atoms with E-state index in [1.54, 1.807) is 0 Å². The van der Waals surface area contributed by atoms with Gasteiger partial charge in [0.05, 0.1) is 11.6 Å². The summed E-state index contributed by atoms with van der Waals surface area (Å²) in [5.41, 5.74) is 3.13. The first-order valence-corrected chi connectivity index (χ1v) is 5.51. The van der Waals surface area contributed by atoms with E-state index in [2.05, 4.69) is 24.9 Å². The van der Waals surface area contributed by atoms with Crippen molar-refractivity contribution in [1.29, 1.82) is 5.26 Å². The minimum absolute atomic E-state index is 0.438. The van der Waals surface area contributed by atoms with E-state index in [-0.39, 0.29) is 0 Å². The molecule has 16 heavy (non-hydrogen) atoms. The molecule has 1 unspecified atom stereocenters. The van der Waals surface area contributed by atoms with Crippen molar-refractivity contribution in [3.63, 3.8) is 0 Å². The third kappa shape index (κ3) is 3.52. The van der Waals surface area contributed by atoms with Crippen LogP contribution >= 0.6 is 0 Å². The number of nitrogens with zero attached hydrogens (tertiary/aromatic N) is 1. The molecule has 1 N–H and O–H groups in total. The topological polar surface area (TPSA) is 35.8 Å². The van der Waals surface area contributed by atoms with E-state index in [9.17, 15) is 0 Å². The van der Waals surface area contributed by atoms with Gasteiger partial charge in [-0.05, 0) is 43.5 Å². The van der Waals surface area contributed by atoms with Crippen LogP contribution in [0.2, 0.25) is 0 Å². The molecule has 0 saturated heterocycles. The summed E-state index contributed by atoms with van der Waals surface area (Å²) in [6.45, 7) is 8.74. The van der Waals surface area contributed by atoms with Gasteiger partial charge in [-0.3, -0.25) is 0 Å². The number of benzene rings is 1. The quantitative estimate of drug-likeness (QED) is 0.765. The summed E-state index contributed by atoms with van der Waals surface area (Å²) in [5, 5.41) is 12.2. The smallest absolute Gasteiger partial charge is 0.0991 e. The van der Waals surface area contributed by atoms with Crippen molar-refractivity contribution in [2.24, 2.45) is 0 Å². The van der Waals surface area contributed by atoms with E-state index in [0.717, 1.165) is 24.1 Å². The van der Waals surface area contributed by atoms with Gasteiger partial charge in [0.1, 0.15) is 0 Å². The highest BCUT2D eigenvalue weighted by atomic mass is 14.9. The van der Waals surface area contributed by atoms with Gasteiger partial charge in [0.25, 0.3) is 0 Å². The molecule has 0 bridgehead atoms. The molecule has 84 valence electrons. The lowest BCUT2D eigenvalue weighted by molar-refractivity contribution is 0.553. The lowest BCUT2D eigenvalue weighted by Crippen LogP contribution is -2.25. The Kier molecular flexibility index (Phi) is 4.75. The van der Waals surface area contributed by atoms with Gasteiger partial charge in [0.2, 0.25) is 0 Å². The summed E-state index contributed by atoms with van der Waals surface area (Å²) < 4.78 is 0. The van der Waals surface area contributed by atoms with Crippen molar-refractivity contribution in [3.8, 4) is 6.07 Å². The molecule has 0 amide bonds. The SMILES string of the molecule is C=CCC(C)NCc1ccc(C#N)cc1C. The number of aryl methyl sites for hydroxylation is 1. The summed E-state index contributed by atoms with van der Waals surface area (Å²) >= 11 is 0. The Balaban J connectivity index is 2.61. The predicted molar refractivity (Wildman–Crippen MR) is 67.0 cm³/mol. The van der Waals surface area contributed by atoms with Crippen molar-refractivity contribution >= 4 is 0 Å². The second kappa shape index (κ2) is 6.09. The van der Waals surface area contributed by atoms with Gasteiger partial charge in [-0.15, -0.1) is 6.58 Å². The third-order valence-electron chi connectivity index (χ3n) is 2.63. The van der Waals surface area contributed by atoms with E-state index in [4.69, 9.17) is 5.26 Å². The number of hydrogen-bond donors (Lipinski definition) is 1. The van der Waals surface area contributed by atoms with Gasteiger partial charge in [-0.2, -0.15) is 5.26 Å². The first-order chi connectivity index (χ1) is 7.67. The van der Waals surface area contributed by atoms with Crippen LogP contribution in [0.25, 0.3) is 0 Å². The molecule has 0 spiro atoms. The molecule has 0 heterocycles. The molecule has 1 aromatic rings. The fraction of sp³-hybridized carbons (Fsp3) is 0.357. The Hall–Kier alpha value is -1.59. The zero-order valence-corrected chi connectivity index (χ0v) is 9.96. The Morgan fingerprint density at radius 3 is 2.88 bits per heavy atom. The second-order valence-corrected chi connectivity index (χ2v) is 4.06. The van der Waals surface area contributed by atoms with Gasteiger partial charge >= 0.3 is 0 Å². The Morgan fingerprint density at radius 2 is 2.31 bits per heavy atom. The summed E-state index contributed by atoms with van der Waals surface area (Å²) in [7, 11) is 0. The van der Waals surface area contributed by atoms with Gasteiger partial charge in [-0.1, -0.05) is 12.1 Å². The molecule has 0 aliphatic rings. The van der Waals surface area contributed by atoms with Gasteiger partial charge < -0.3 is 5.32 Å². The maximum atomic E-state index is 8.76. The van der Waals surface area contributed by atoms with E-state index >= 15 is 0 Å². The lowest BCUT2D eigenvalue weighted by Gasteiger charge is -2.13. The zero-order chi connectivity index (χ0) is 12.0. The van der Waals surface area contributed by atoms with Crippen LogP contribution in [0.4, 0.5) is 0 Å². The average molecular weight is 214 g/mol. The van der Waals surface area contributed by atoms with Crippen LogP contribution in [-0.2, 0) is 6.54 Å². The minimum Gasteiger partial charge on any atom is -0.310 e. The van der Waals surface area contributed by atoms with Crippen molar-refractivity contribution in [1.82, 2.24) is 5.32 Å². The average Bonchev–Trinajstić information content (AvgIpc) is 2.27. The van der Waals surface area contributed by atoms with Crippen LogP contribution in [0.3, 0.4) is 0 Å². The van der Waals surface area contributed by atoms with Crippen LogP contribution in [0.15, 0.2) is 30.9 Å². The molecule has 0 saturated carbocycles. The fourth-order valence-corrected chi connectivity index (χ4v) is 1.58. The van der Waals surface area contributed by atoms with Crippen molar-refractivity contribution in [3.05, 3.63) is 47.5 Å². The monoisotopic (exact) mass is 214 g/mol. The first kappa shape index (κ1) is 12.5. The van der Waals surface area contributed by atoms with E-state index < -0.39 is 0 Å². The highest BCUT2D eigenvalue weighted by molar-refractivity contribution is 5.37. The number of nitrogens with one attached hydrogen (secondary N) is 1. The normalized spacial score (nSPS) is 11.8.